The molecule has 21 heavy (non-hydrogen) atoms. The van der Waals surface area contributed by atoms with Crippen LogP contribution in [0.25, 0.3) is 0 Å². The number of amides is 2. The number of carboxylic acid groups (broad SMARTS) is 1. The topological polar surface area (TPSA) is 96.2 Å². The van der Waals surface area contributed by atoms with E-state index in [2.05, 4.69) is 15.7 Å². The molecule has 1 aromatic rings. The summed E-state index contributed by atoms with van der Waals surface area (Å²) in [7, 11) is 1.58. The molecule has 0 aliphatic rings. The largest absolute Gasteiger partial charge is 0.479 e. The maximum Gasteiger partial charge on any atom is 0.389 e. The van der Waals surface area contributed by atoms with Gasteiger partial charge in [0.05, 0.1) is 6.20 Å². The number of carboxylic acids is 1. The van der Waals surface area contributed by atoms with Crippen molar-refractivity contribution >= 4 is 12.0 Å². The predicted octanol–water partition coefficient (Wildman–Crippen LogP) is 1.19. The summed E-state index contributed by atoms with van der Waals surface area (Å²) in [5.41, 5.74) is 0.260. The van der Waals surface area contributed by atoms with E-state index in [0.29, 0.717) is 0 Å². The van der Waals surface area contributed by atoms with E-state index in [1.165, 1.54) is 17.1 Å². The minimum absolute atomic E-state index is 0.204. The summed E-state index contributed by atoms with van der Waals surface area (Å²) in [5, 5.41) is 17.2. The van der Waals surface area contributed by atoms with Gasteiger partial charge in [-0.05, 0) is 6.42 Å². The maximum absolute atomic E-state index is 11.9. The molecule has 0 bridgehead atoms. The Morgan fingerprint density at radius 3 is 2.62 bits per heavy atom. The highest BCUT2D eigenvalue weighted by atomic mass is 19.4. The number of halogens is 3. The zero-order chi connectivity index (χ0) is 16.0. The van der Waals surface area contributed by atoms with Crippen molar-refractivity contribution in [1.82, 2.24) is 20.4 Å². The molecule has 7 nitrogen and oxygen atoms in total. The van der Waals surface area contributed by atoms with Crippen LogP contribution < -0.4 is 10.6 Å². The lowest BCUT2D eigenvalue weighted by Crippen LogP contribution is -2.41. The second kappa shape index (κ2) is 6.95. The lowest BCUT2D eigenvalue weighted by molar-refractivity contribution is -0.139. The Morgan fingerprint density at radius 1 is 1.48 bits per heavy atom. The molecular formula is C11H15F3N4O3. The Morgan fingerprint density at radius 2 is 2.14 bits per heavy atom. The first-order chi connectivity index (χ1) is 9.69. The quantitative estimate of drug-likeness (QED) is 0.688. The second-order valence-electron chi connectivity index (χ2n) is 4.34. The highest BCUT2D eigenvalue weighted by molar-refractivity contribution is 5.83. The van der Waals surface area contributed by atoms with Crippen LogP contribution in [0.2, 0.25) is 0 Å². The normalized spacial score (nSPS) is 12.8. The summed E-state index contributed by atoms with van der Waals surface area (Å²) in [6.07, 6.45) is -2.87. The van der Waals surface area contributed by atoms with Gasteiger partial charge in [-0.3, -0.25) is 4.68 Å². The van der Waals surface area contributed by atoms with Crippen molar-refractivity contribution in [3.05, 3.63) is 18.0 Å². The Labute approximate surface area is 118 Å². The molecule has 0 aromatic carbocycles. The summed E-state index contributed by atoms with van der Waals surface area (Å²) in [4.78, 5) is 22.5. The van der Waals surface area contributed by atoms with Gasteiger partial charge in [-0.15, -0.1) is 0 Å². The van der Waals surface area contributed by atoms with Gasteiger partial charge in [0.15, 0.2) is 6.04 Å². The van der Waals surface area contributed by atoms with Crippen molar-refractivity contribution in [2.24, 2.45) is 7.05 Å². The molecule has 0 aliphatic carbocycles. The molecular weight excluding hydrogens is 293 g/mol. The Kier molecular flexibility index (Phi) is 5.56. The maximum atomic E-state index is 11.9. The van der Waals surface area contributed by atoms with Crippen LogP contribution in [0.4, 0.5) is 18.0 Å². The van der Waals surface area contributed by atoms with Gasteiger partial charge in [-0.25, -0.2) is 9.59 Å². The molecule has 0 radical (unpaired) electrons. The molecule has 0 saturated heterocycles. The van der Waals surface area contributed by atoms with Crippen molar-refractivity contribution in [3.63, 3.8) is 0 Å². The fourth-order valence-corrected chi connectivity index (χ4v) is 1.55. The first-order valence-corrected chi connectivity index (χ1v) is 6.01. The van der Waals surface area contributed by atoms with Gasteiger partial charge in [0, 0.05) is 31.8 Å². The summed E-state index contributed by atoms with van der Waals surface area (Å²) in [6.45, 7) is -0.204. The average molecular weight is 308 g/mol. The van der Waals surface area contributed by atoms with E-state index >= 15 is 0 Å². The minimum atomic E-state index is -4.28. The Balaban J connectivity index is 2.45. The molecule has 1 aromatic heterocycles. The van der Waals surface area contributed by atoms with E-state index in [9.17, 15) is 22.8 Å². The van der Waals surface area contributed by atoms with Gasteiger partial charge < -0.3 is 15.7 Å². The number of carbonyl (C=O) groups is 2. The molecule has 0 fully saturated rings. The van der Waals surface area contributed by atoms with E-state index in [-0.39, 0.29) is 18.5 Å². The number of urea groups is 1. The van der Waals surface area contributed by atoms with Gasteiger partial charge in [-0.1, -0.05) is 0 Å². The molecule has 0 aliphatic heterocycles. The first-order valence-electron chi connectivity index (χ1n) is 6.01. The van der Waals surface area contributed by atoms with Gasteiger partial charge in [0.25, 0.3) is 0 Å². The van der Waals surface area contributed by atoms with E-state index in [1.54, 1.807) is 7.05 Å². The lowest BCUT2D eigenvalue weighted by atomic mass is 10.1. The number of aliphatic carboxylic acids is 1. The standard InChI is InChI=1S/C11H15F3N4O3/c1-18-6-7(5-16-18)8(9(19)20)17-10(21)15-4-2-3-11(12,13)14/h5-6,8H,2-4H2,1H3,(H,19,20)(H2,15,17,21). The van der Waals surface area contributed by atoms with Crippen molar-refractivity contribution in [1.29, 1.82) is 0 Å². The first kappa shape index (κ1) is 16.8. The Bertz CT molecular complexity index is 501. The van der Waals surface area contributed by atoms with Gasteiger partial charge in [-0.2, -0.15) is 18.3 Å². The summed E-state index contributed by atoms with van der Waals surface area (Å²) in [5.74, 6) is -1.30. The number of aryl methyl sites for hydroxylation is 1. The molecule has 10 heteroatoms. The van der Waals surface area contributed by atoms with Crippen LogP contribution in [0, 0.1) is 0 Å². The summed E-state index contributed by atoms with van der Waals surface area (Å²) < 4.78 is 37.1. The number of nitrogens with zero attached hydrogens (tertiary/aromatic N) is 2. The third-order valence-corrected chi connectivity index (χ3v) is 2.50. The second-order valence-corrected chi connectivity index (χ2v) is 4.34. The van der Waals surface area contributed by atoms with Crippen LogP contribution in [0.5, 0.6) is 0 Å². The Hall–Kier alpha value is -2.26. The summed E-state index contributed by atoms with van der Waals surface area (Å²) in [6, 6.07) is -2.17. The molecule has 118 valence electrons. The number of hydrogen-bond donors (Lipinski definition) is 3. The van der Waals surface area contributed by atoms with Crippen LogP contribution >= 0.6 is 0 Å². The van der Waals surface area contributed by atoms with Crippen molar-refractivity contribution < 1.29 is 27.9 Å². The van der Waals surface area contributed by atoms with Crippen LogP contribution in [-0.2, 0) is 11.8 Å². The third-order valence-electron chi connectivity index (χ3n) is 2.50. The van der Waals surface area contributed by atoms with Crippen LogP contribution in [0.15, 0.2) is 12.4 Å². The lowest BCUT2D eigenvalue weighted by Gasteiger charge is -2.14. The predicted molar refractivity (Wildman–Crippen MR) is 65.4 cm³/mol. The van der Waals surface area contributed by atoms with Gasteiger partial charge >= 0.3 is 18.2 Å². The van der Waals surface area contributed by atoms with Crippen LogP contribution in [-0.4, -0.2) is 39.6 Å². The highest BCUT2D eigenvalue weighted by Crippen LogP contribution is 2.20. The monoisotopic (exact) mass is 308 g/mol. The number of nitrogens with one attached hydrogen (secondary N) is 2. The van der Waals surface area contributed by atoms with E-state index in [0.717, 1.165) is 0 Å². The number of alkyl halides is 3. The zero-order valence-corrected chi connectivity index (χ0v) is 11.1. The van der Waals surface area contributed by atoms with Crippen molar-refractivity contribution in [2.75, 3.05) is 6.54 Å². The minimum Gasteiger partial charge on any atom is -0.479 e. The molecule has 3 N–H and O–H groups in total. The number of aromatic nitrogens is 2. The summed E-state index contributed by atoms with van der Waals surface area (Å²) >= 11 is 0. The molecule has 1 rings (SSSR count). The molecule has 0 spiro atoms. The number of rotatable bonds is 6. The smallest absolute Gasteiger partial charge is 0.389 e. The molecule has 2 amide bonds. The molecule has 1 heterocycles. The SMILES string of the molecule is Cn1cc(C(NC(=O)NCCCC(F)(F)F)C(=O)O)cn1. The van der Waals surface area contributed by atoms with Gasteiger partial charge in [0.1, 0.15) is 0 Å². The van der Waals surface area contributed by atoms with Gasteiger partial charge in [0.2, 0.25) is 0 Å². The average Bonchev–Trinajstić information content (AvgIpc) is 2.76. The van der Waals surface area contributed by atoms with Crippen LogP contribution in [0.3, 0.4) is 0 Å². The van der Waals surface area contributed by atoms with E-state index < -0.39 is 30.6 Å². The zero-order valence-electron chi connectivity index (χ0n) is 11.1. The van der Waals surface area contributed by atoms with Crippen LogP contribution in [0.1, 0.15) is 24.4 Å². The number of hydrogen-bond acceptors (Lipinski definition) is 3. The molecule has 1 unspecified atom stereocenters. The highest BCUT2D eigenvalue weighted by Gasteiger charge is 2.26. The third kappa shape index (κ3) is 6.15. The van der Waals surface area contributed by atoms with Crippen molar-refractivity contribution in [3.8, 4) is 0 Å². The van der Waals surface area contributed by atoms with Crippen molar-refractivity contribution in [2.45, 2.75) is 25.1 Å². The number of carbonyl (C=O) groups excluding carboxylic acids is 1. The fraction of sp³-hybridized carbons (Fsp3) is 0.545. The van der Waals surface area contributed by atoms with E-state index in [1.807, 2.05) is 0 Å². The van der Waals surface area contributed by atoms with E-state index in [4.69, 9.17) is 5.11 Å². The fourth-order valence-electron chi connectivity index (χ4n) is 1.55. The molecule has 1 atom stereocenters. The molecule has 0 saturated carbocycles.